The van der Waals surface area contributed by atoms with E-state index in [1.807, 2.05) is 30.3 Å². The first-order valence-electron chi connectivity index (χ1n) is 15.7. The van der Waals surface area contributed by atoms with Crippen molar-refractivity contribution in [1.82, 2.24) is 4.90 Å². The molecule has 0 atom stereocenters. The summed E-state index contributed by atoms with van der Waals surface area (Å²) in [5, 5.41) is 8.36. The largest absolute Gasteiger partial charge is 0.492 e. The van der Waals surface area contributed by atoms with Crippen LogP contribution in [0.15, 0.2) is 102 Å². The van der Waals surface area contributed by atoms with Gasteiger partial charge in [-0.05, 0) is 114 Å². The molecule has 0 aliphatic carbocycles. The first-order valence-corrected chi connectivity index (χ1v) is 16.5. The second kappa shape index (κ2) is 15.0. The van der Waals surface area contributed by atoms with Crippen LogP contribution in [0.2, 0.25) is 0 Å². The molecule has 5 aromatic carbocycles. The van der Waals surface area contributed by atoms with E-state index in [9.17, 15) is 4.79 Å². The zero-order valence-corrected chi connectivity index (χ0v) is 27.2. The number of anilines is 1. The maximum Gasteiger partial charge on any atom is 0.255 e. The van der Waals surface area contributed by atoms with Gasteiger partial charge in [-0.3, -0.25) is 4.79 Å². The van der Waals surface area contributed by atoms with Crippen LogP contribution in [0, 0.1) is 0 Å². The maximum absolute atomic E-state index is 13.0. The molecule has 232 valence electrons. The Hall–Kier alpha value is -3.75. The third-order valence-electron chi connectivity index (χ3n) is 8.31. The average Bonchev–Trinajstić information content (AvgIpc) is 3.06. The number of hydrogen-bond acceptors (Lipinski definition) is 5. The van der Waals surface area contributed by atoms with Gasteiger partial charge in [0.2, 0.25) is 0 Å². The number of ether oxygens (including phenoxy) is 3. The first-order chi connectivity index (χ1) is 22.0. The van der Waals surface area contributed by atoms with Crippen LogP contribution in [0.5, 0.6) is 5.75 Å². The molecule has 1 N–H and O–H groups in total. The fourth-order valence-corrected chi connectivity index (χ4v) is 6.18. The Bertz CT molecular complexity index is 1700. The van der Waals surface area contributed by atoms with E-state index in [4.69, 9.17) is 14.2 Å². The number of benzene rings is 5. The van der Waals surface area contributed by atoms with Gasteiger partial charge in [-0.15, -0.1) is 0 Å². The molecule has 7 heteroatoms. The number of aryl methyl sites for hydroxylation is 1. The van der Waals surface area contributed by atoms with Gasteiger partial charge in [-0.1, -0.05) is 64.5 Å². The van der Waals surface area contributed by atoms with Crippen molar-refractivity contribution >= 4 is 49.1 Å². The summed E-state index contributed by atoms with van der Waals surface area (Å²) >= 11 is 3.43. The zero-order valence-electron chi connectivity index (χ0n) is 25.6. The molecular weight excluding hydrogens is 628 g/mol. The van der Waals surface area contributed by atoms with E-state index >= 15 is 0 Å². The summed E-state index contributed by atoms with van der Waals surface area (Å²) in [6.07, 6.45) is 3.15. The first kappa shape index (κ1) is 31.2. The van der Waals surface area contributed by atoms with Crippen molar-refractivity contribution in [1.29, 1.82) is 0 Å². The highest BCUT2D eigenvalue weighted by atomic mass is 79.9. The number of fused-ring (bicyclic) bond motifs is 2. The van der Waals surface area contributed by atoms with Gasteiger partial charge < -0.3 is 24.4 Å². The van der Waals surface area contributed by atoms with Gasteiger partial charge >= 0.3 is 0 Å². The van der Waals surface area contributed by atoms with Crippen LogP contribution in [0.4, 0.5) is 5.69 Å². The minimum atomic E-state index is -0.345. The fraction of sp³-hybridized carbons (Fsp3) is 0.289. The summed E-state index contributed by atoms with van der Waals surface area (Å²) < 4.78 is 18.8. The number of amides is 1. The van der Waals surface area contributed by atoms with Crippen molar-refractivity contribution in [3.63, 3.8) is 0 Å². The number of halogens is 1. The molecule has 1 heterocycles. The number of carbonyl (C=O) groups excluding carboxylic acids is 1. The second-order valence-electron chi connectivity index (χ2n) is 11.6. The molecular formula is C38H39BrN2O4. The summed E-state index contributed by atoms with van der Waals surface area (Å²) in [5.74, 6) is 0.596. The average molecular weight is 668 g/mol. The molecule has 0 unspecified atom stereocenters. The minimum absolute atomic E-state index is 0.166. The van der Waals surface area contributed by atoms with Crippen molar-refractivity contribution in [3.05, 3.63) is 118 Å². The maximum atomic E-state index is 13.0. The van der Waals surface area contributed by atoms with Gasteiger partial charge in [0.05, 0.1) is 13.2 Å². The molecule has 1 amide bonds. The van der Waals surface area contributed by atoms with Crippen LogP contribution < -0.4 is 10.1 Å². The van der Waals surface area contributed by atoms with Gasteiger partial charge in [0, 0.05) is 28.7 Å². The molecule has 0 radical (unpaired) electrons. The highest BCUT2D eigenvalue weighted by Gasteiger charge is 2.19. The third-order valence-corrected chi connectivity index (χ3v) is 8.83. The van der Waals surface area contributed by atoms with Gasteiger partial charge in [0.25, 0.3) is 5.91 Å². The molecule has 0 bridgehead atoms. The van der Waals surface area contributed by atoms with E-state index in [0.717, 1.165) is 53.8 Å². The summed E-state index contributed by atoms with van der Waals surface area (Å²) in [6, 6.07) is 32.8. The topological polar surface area (TPSA) is 60.0 Å². The second-order valence-corrected chi connectivity index (χ2v) is 12.5. The molecule has 6 nitrogen and oxygen atoms in total. The number of nitrogens with zero attached hydrogens (tertiary/aromatic N) is 1. The molecule has 1 saturated heterocycles. The summed E-state index contributed by atoms with van der Waals surface area (Å²) in [6.45, 7) is 3.69. The molecule has 0 aromatic heterocycles. The SMILES string of the molecule is CN(CCCc1c2ccccc2cc2ccccc12)CCOc1ccc(NC(=O)c2ccc(Br)cc2)c(CC2OCCCO2)c1. The fourth-order valence-electron chi connectivity index (χ4n) is 5.91. The number of carbonyl (C=O) groups is 1. The molecule has 45 heavy (non-hydrogen) atoms. The lowest BCUT2D eigenvalue weighted by Crippen LogP contribution is -2.27. The number of likely N-dealkylation sites (N-methyl/N-ethyl adjacent to an activating group) is 1. The van der Waals surface area contributed by atoms with E-state index in [0.29, 0.717) is 31.8 Å². The molecule has 1 fully saturated rings. The van der Waals surface area contributed by atoms with Gasteiger partial charge in [-0.2, -0.15) is 0 Å². The summed E-state index contributed by atoms with van der Waals surface area (Å²) in [5.41, 5.74) is 3.66. The molecule has 5 aromatic rings. The van der Waals surface area contributed by atoms with Crippen molar-refractivity contribution < 1.29 is 19.0 Å². The quantitative estimate of drug-likeness (QED) is 0.136. The van der Waals surface area contributed by atoms with E-state index in [1.54, 1.807) is 12.1 Å². The number of hydrogen-bond donors (Lipinski definition) is 1. The van der Waals surface area contributed by atoms with Gasteiger partial charge in [0.15, 0.2) is 6.29 Å². The Labute approximate surface area is 273 Å². The Morgan fingerprint density at radius 3 is 2.29 bits per heavy atom. The lowest BCUT2D eigenvalue weighted by molar-refractivity contribution is -0.176. The molecule has 0 spiro atoms. The smallest absolute Gasteiger partial charge is 0.255 e. The Balaban J connectivity index is 1.06. The number of nitrogens with one attached hydrogen (secondary N) is 1. The van der Waals surface area contributed by atoms with Crippen LogP contribution in [-0.4, -0.2) is 57.1 Å². The van der Waals surface area contributed by atoms with E-state index in [2.05, 4.69) is 87.8 Å². The van der Waals surface area contributed by atoms with Crippen molar-refractivity contribution in [3.8, 4) is 5.75 Å². The molecule has 1 aliphatic rings. The monoisotopic (exact) mass is 666 g/mol. The van der Waals surface area contributed by atoms with Crippen LogP contribution in [0.3, 0.4) is 0 Å². The summed E-state index contributed by atoms with van der Waals surface area (Å²) in [4.78, 5) is 15.3. The Morgan fingerprint density at radius 2 is 1.58 bits per heavy atom. The highest BCUT2D eigenvalue weighted by molar-refractivity contribution is 9.10. The lowest BCUT2D eigenvalue weighted by Gasteiger charge is -2.24. The zero-order chi connectivity index (χ0) is 31.0. The highest BCUT2D eigenvalue weighted by Crippen LogP contribution is 2.30. The lowest BCUT2D eigenvalue weighted by atomic mass is 9.94. The molecule has 6 rings (SSSR count). The van der Waals surface area contributed by atoms with E-state index < -0.39 is 0 Å². The van der Waals surface area contributed by atoms with Gasteiger partial charge in [0.1, 0.15) is 12.4 Å². The van der Waals surface area contributed by atoms with Crippen LogP contribution in [-0.2, 0) is 22.3 Å². The predicted octanol–water partition coefficient (Wildman–Crippen LogP) is 8.26. The predicted molar refractivity (Wildman–Crippen MR) is 185 cm³/mol. The van der Waals surface area contributed by atoms with Crippen molar-refractivity contribution in [2.24, 2.45) is 0 Å². The van der Waals surface area contributed by atoms with E-state index in [1.165, 1.54) is 27.1 Å². The molecule has 1 aliphatic heterocycles. The van der Waals surface area contributed by atoms with E-state index in [-0.39, 0.29) is 12.2 Å². The Morgan fingerprint density at radius 1 is 0.889 bits per heavy atom. The van der Waals surface area contributed by atoms with Crippen LogP contribution in [0.1, 0.15) is 34.3 Å². The van der Waals surface area contributed by atoms with Crippen molar-refractivity contribution in [2.45, 2.75) is 32.0 Å². The van der Waals surface area contributed by atoms with Gasteiger partial charge in [-0.25, -0.2) is 0 Å². The number of rotatable bonds is 12. The third kappa shape index (κ3) is 8.10. The summed E-state index contributed by atoms with van der Waals surface area (Å²) in [7, 11) is 2.15. The standard InChI is InChI=1S/C38H39BrN2O4/c1-41(19-6-12-35-33-10-4-2-8-28(33)24-29-9-3-5-11-34(29)35)20-23-43-32-17-18-36(30(25-32)26-37-44-21-7-22-45-37)40-38(42)27-13-15-31(39)16-14-27/h2-5,8-11,13-18,24-25,37H,6-7,12,19-23,26H2,1H3,(H,40,42). The Kier molecular flexibility index (Phi) is 10.4. The normalized spacial score (nSPS) is 13.8. The van der Waals surface area contributed by atoms with Crippen LogP contribution in [0.25, 0.3) is 21.5 Å². The van der Waals surface area contributed by atoms with Crippen LogP contribution >= 0.6 is 15.9 Å². The molecule has 0 saturated carbocycles. The van der Waals surface area contributed by atoms with Crippen molar-refractivity contribution in [2.75, 3.05) is 45.3 Å². The minimum Gasteiger partial charge on any atom is -0.492 e.